The van der Waals surface area contributed by atoms with E-state index in [1.807, 2.05) is 0 Å². The van der Waals surface area contributed by atoms with Gasteiger partial charge in [-0.2, -0.15) is 0 Å². The van der Waals surface area contributed by atoms with Crippen molar-refractivity contribution in [3.05, 3.63) is 0 Å². The van der Waals surface area contributed by atoms with Crippen molar-refractivity contribution >= 4 is 12.1 Å². The molecule has 1 saturated heterocycles. The lowest BCUT2D eigenvalue weighted by Crippen LogP contribution is -2.53. The summed E-state index contributed by atoms with van der Waals surface area (Å²) in [4.78, 5) is 23.9. The van der Waals surface area contributed by atoms with Crippen LogP contribution in [0.1, 0.15) is 40.0 Å². The lowest BCUT2D eigenvalue weighted by molar-refractivity contribution is -0.312. The third-order valence-electron chi connectivity index (χ3n) is 2.40. The molecule has 0 aromatic carbocycles. The van der Waals surface area contributed by atoms with Crippen molar-refractivity contribution in [1.82, 2.24) is 4.90 Å². The van der Waals surface area contributed by atoms with Gasteiger partial charge >= 0.3 is 6.09 Å². The van der Waals surface area contributed by atoms with Crippen LogP contribution in [0.15, 0.2) is 0 Å². The number of hydrogen-bond donors (Lipinski definition) is 0. The summed E-state index contributed by atoms with van der Waals surface area (Å²) in [6, 6.07) is -0.844. The van der Waals surface area contributed by atoms with Crippen molar-refractivity contribution in [2.24, 2.45) is 0 Å². The second kappa shape index (κ2) is 4.72. The highest BCUT2D eigenvalue weighted by atomic mass is 16.6. The van der Waals surface area contributed by atoms with Gasteiger partial charge in [-0.15, -0.1) is 0 Å². The summed E-state index contributed by atoms with van der Waals surface area (Å²) in [6.45, 7) is 5.68. The van der Waals surface area contributed by atoms with Crippen molar-refractivity contribution in [2.75, 3.05) is 6.54 Å². The zero-order chi connectivity index (χ0) is 12.3. The average molecular weight is 228 g/mol. The predicted molar refractivity (Wildman–Crippen MR) is 55.6 cm³/mol. The minimum absolute atomic E-state index is 0.424. The van der Waals surface area contributed by atoms with E-state index in [0.29, 0.717) is 13.0 Å². The van der Waals surface area contributed by atoms with Gasteiger partial charge in [-0.25, -0.2) is 4.79 Å². The van der Waals surface area contributed by atoms with Gasteiger partial charge in [-0.05, 0) is 40.0 Å². The zero-order valence-electron chi connectivity index (χ0n) is 9.99. The number of ether oxygens (including phenoxy) is 1. The van der Waals surface area contributed by atoms with Gasteiger partial charge in [0.25, 0.3) is 0 Å². The minimum atomic E-state index is -1.20. The molecule has 0 spiro atoms. The Hall–Kier alpha value is -1.26. The van der Waals surface area contributed by atoms with Crippen LogP contribution in [-0.2, 0) is 9.53 Å². The van der Waals surface area contributed by atoms with E-state index < -0.39 is 23.7 Å². The molecule has 1 aliphatic heterocycles. The highest BCUT2D eigenvalue weighted by molar-refractivity contribution is 5.79. The van der Waals surface area contributed by atoms with Gasteiger partial charge < -0.3 is 14.6 Å². The molecule has 16 heavy (non-hydrogen) atoms. The smallest absolute Gasteiger partial charge is 0.410 e. The van der Waals surface area contributed by atoms with Gasteiger partial charge in [0.15, 0.2) is 0 Å². The summed E-state index contributed by atoms with van der Waals surface area (Å²) in [5.74, 6) is -1.20. The Bertz CT molecular complexity index is 282. The molecule has 1 amide bonds. The van der Waals surface area contributed by atoms with Crippen molar-refractivity contribution in [3.63, 3.8) is 0 Å². The summed E-state index contributed by atoms with van der Waals surface area (Å²) < 4.78 is 5.15. The molecule has 0 bridgehead atoms. The number of carbonyl (C=O) groups excluding carboxylic acids is 2. The zero-order valence-corrected chi connectivity index (χ0v) is 9.99. The minimum Gasteiger partial charge on any atom is -0.548 e. The van der Waals surface area contributed by atoms with Gasteiger partial charge in [0.05, 0.1) is 12.0 Å². The number of carboxylic acids is 1. The summed E-state index contributed by atoms with van der Waals surface area (Å²) in [7, 11) is 0. The fourth-order valence-electron chi connectivity index (χ4n) is 1.72. The maximum absolute atomic E-state index is 11.7. The van der Waals surface area contributed by atoms with E-state index in [4.69, 9.17) is 4.74 Å². The molecule has 1 fully saturated rings. The molecular weight excluding hydrogens is 210 g/mol. The molecule has 1 atom stereocenters. The van der Waals surface area contributed by atoms with Crippen LogP contribution in [0.25, 0.3) is 0 Å². The fourth-order valence-corrected chi connectivity index (χ4v) is 1.72. The van der Waals surface area contributed by atoms with Crippen molar-refractivity contribution in [1.29, 1.82) is 0 Å². The standard InChI is InChI=1S/C11H19NO4/c1-11(2,3)16-10(15)12-7-5-4-6-8(12)9(13)14/h8H,4-7H2,1-3H3,(H,13,14)/p-1. The average Bonchev–Trinajstić information content (AvgIpc) is 2.15. The molecule has 0 radical (unpaired) electrons. The van der Waals surface area contributed by atoms with E-state index in [9.17, 15) is 14.7 Å². The molecule has 1 heterocycles. The molecule has 1 rings (SSSR count). The van der Waals surface area contributed by atoms with Gasteiger partial charge in [0, 0.05) is 6.54 Å². The van der Waals surface area contributed by atoms with Crippen LogP contribution in [0, 0.1) is 0 Å². The van der Waals surface area contributed by atoms with Gasteiger partial charge in [-0.3, -0.25) is 4.90 Å². The first kappa shape index (κ1) is 12.8. The molecule has 1 unspecified atom stereocenters. The molecule has 92 valence electrons. The van der Waals surface area contributed by atoms with Crippen LogP contribution in [0.2, 0.25) is 0 Å². The number of carboxylic acid groups (broad SMARTS) is 1. The molecule has 0 saturated carbocycles. The Morgan fingerprint density at radius 2 is 1.94 bits per heavy atom. The third kappa shape index (κ3) is 3.40. The van der Waals surface area contributed by atoms with E-state index in [1.54, 1.807) is 20.8 Å². The lowest BCUT2D eigenvalue weighted by atomic mass is 10.0. The third-order valence-corrected chi connectivity index (χ3v) is 2.40. The maximum Gasteiger partial charge on any atom is 0.410 e. The summed E-state index contributed by atoms with van der Waals surface area (Å²) in [6.07, 6.45) is 1.49. The van der Waals surface area contributed by atoms with Crippen molar-refractivity contribution in [3.8, 4) is 0 Å². The Labute approximate surface area is 95.4 Å². The van der Waals surface area contributed by atoms with E-state index in [1.165, 1.54) is 4.90 Å². The summed E-state index contributed by atoms with van der Waals surface area (Å²) in [5, 5.41) is 10.9. The summed E-state index contributed by atoms with van der Waals surface area (Å²) in [5.41, 5.74) is -0.606. The number of carbonyl (C=O) groups is 2. The number of likely N-dealkylation sites (tertiary alicyclic amines) is 1. The molecule has 0 aromatic heterocycles. The second-order valence-electron chi connectivity index (χ2n) is 5.00. The number of nitrogens with zero attached hydrogens (tertiary/aromatic N) is 1. The van der Waals surface area contributed by atoms with Crippen LogP contribution < -0.4 is 5.11 Å². The molecule has 5 heteroatoms. The molecule has 0 aliphatic carbocycles. The Morgan fingerprint density at radius 3 is 2.44 bits per heavy atom. The Kier molecular flexibility index (Phi) is 3.78. The lowest BCUT2D eigenvalue weighted by Gasteiger charge is -2.37. The largest absolute Gasteiger partial charge is 0.548 e. The number of aliphatic carboxylic acids is 1. The maximum atomic E-state index is 11.7. The SMILES string of the molecule is CC(C)(C)OC(=O)N1CCCCC1C(=O)[O-]. The van der Waals surface area contributed by atoms with Crippen LogP contribution in [-0.4, -0.2) is 35.2 Å². The topological polar surface area (TPSA) is 69.7 Å². The van der Waals surface area contributed by atoms with Crippen LogP contribution in [0.5, 0.6) is 0 Å². The van der Waals surface area contributed by atoms with E-state index in [-0.39, 0.29) is 0 Å². The van der Waals surface area contributed by atoms with E-state index >= 15 is 0 Å². The Balaban J connectivity index is 2.68. The Morgan fingerprint density at radius 1 is 1.31 bits per heavy atom. The summed E-state index contributed by atoms with van der Waals surface area (Å²) >= 11 is 0. The first-order valence-corrected chi connectivity index (χ1v) is 5.52. The van der Waals surface area contributed by atoms with E-state index in [2.05, 4.69) is 0 Å². The number of piperidine rings is 1. The number of rotatable bonds is 1. The number of amides is 1. The van der Waals surface area contributed by atoms with Crippen LogP contribution in [0.3, 0.4) is 0 Å². The first-order chi connectivity index (χ1) is 7.31. The molecule has 0 aromatic rings. The second-order valence-corrected chi connectivity index (χ2v) is 5.00. The van der Waals surface area contributed by atoms with Crippen LogP contribution in [0.4, 0.5) is 4.79 Å². The molecular formula is C11H18NO4-. The quantitative estimate of drug-likeness (QED) is 0.656. The monoisotopic (exact) mass is 228 g/mol. The normalized spacial score (nSPS) is 21.7. The van der Waals surface area contributed by atoms with Gasteiger partial charge in [-0.1, -0.05) is 0 Å². The molecule has 1 aliphatic rings. The predicted octanol–water partition coefficient (Wildman–Crippen LogP) is 0.526. The van der Waals surface area contributed by atoms with Gasteiger partial charge in [0.2, 0.25) is 0 Å². The number of hydrogen-bond acceptors (Lipinski definition) is 4. The van der Waals surface area contributed by atoms with Crippen LogP contribution >= 0.6 is 0 Å². The van der Waals surface area contributed by atoms with Crippen molar-refractivity contribution in [2.45, 2.75) is 51.7 Å². The molecule has 5 nitrogen and oxygen atoms in total. The van der Waals surface area contributed by atoms with E-state index in [0.717, 1.165) is 12.8 Å². The van der Waals surface area contributed by atoms with Gasteiger partial charge in [0.1, 0.15) is 5.60 Å². The molecule has 0 N–H and O–H groups in total. The van der Waals surface area contributed by atoms with Crippen molar-refractivity contribution < 1.29 is 19.4 Å². The first-order valence-electron chi connectivity index (χ1n) is 5.52. The highest BCUT2D eigenvalue weighted by Crippen LogP contribution is 2.19. The highest BCUT2D eigenvalue weighted by Gasteiger charge is 2.30. The fraction of sp³-hybridized carbons (Fsp3) is 0.818.